The van der Waals surface area contributed by atoms with Crippen LogP contribution in [0.1, 0.15) is 19.4 Å². The van der Waals surface area contributed by atoms with Crippen LogP contribution >= 0.6 is 0 Å². The van der Waals surface area contributed by atoms with Gasteiger partial charge in [0.25, 0.3) is 5.89 Å². The molecule has 2 aromatic carbocycles. The molecule has 0 aliphatic carbocycles. The number of amides is 1. The number of carbonyl (C=O) groups excluding carboxylic acids is 1. The van der Waals surface area contributed by atoms with Crippen LogP contribution in [0.4, 0.5) is 30.6 Å². The molecule has 0 fully saturated rings. The van der Waals surface area contributed by atoms with Crippen molar-refractivity contribution < 1.29 is 22.4 Å². The maximum Gasteiger partial charge on any atom is 0.315 e. The molecule has 164 valence electrons. The Morgan fingerprint density at radius 2 is 1.84 bits per heavy atom. The van der Waals surface area contributed by atoms with E-state index < -0.39 is 17.5 Å². The molecule has 31 heavy (non-hydrogen) atoms. The van der Waals surface area contributed by atoms with Crippen molar-refractivity contribution in [3.63, 3.8) is 0 Å². The topological polar surface area (TPSA) is 92.1 Å². The first-order valence-electron chi connectivity index (χ1n) is 9.63. The van der Waals surface area contributed by atoms with Gasteiger partial charge in [0, 0.05) is 19.0 Å². The standard InChI is InChI=1S/C21H22F3N5O2/c1-11(2)19(30)25-8-9-26-21-29-28-20(31-21)13-5-6-14(22)17(24)18(13)27-16-7-4-12(3)10-15(16)23/h4-7,10-11,27H,8-9H2,1-3H3,(H,25,30)(H,26,29). The molecule has 3 N–H and O–H groups in total. The van der Waals surface area contributed by atoms with E-state index in [1.54, 1.807) is 26.8 Å². The van der Waals surface area contributed by atoms with Crippen LogP contribution in [-0.4, -0.2) is 29.2 Å². The van der Waals surface area contributed by atoms with Crippen LogP contribution in [0.2, 0.25) is 0 Å². The number of hydrogen-bond donors (Lipinski definition) is 3. The second-order valence-corrected chi connectivity index (χ2v) is 7.18. The third-order valence-corrected chi connectivity index (χ3v) is 4.36. The average molecular weight is 433 g/mol. The van der Waals surface area contributed by atoms with Crippen molar-refractivity contribution in [3.05, 3.63) is 53.3 Å². The highest BCUT2D eigenvalue weighted by atomic mass is 19.2. The highest BCUT2D eigenvalue weighted by Gasteiger charge is 2.20. The normalized spacial score (nSPS) is 10.9. The maximum absolute atomic E-state index is 14.5. The SMILES string of the molecule is Cc1ccc(Nc2c(-c3nnc(NCCNC(=O)C(C)C)o3)ccc(F)c2F)c(F)c1. The highest BCUT2D eigenvalue weighted by Crippen LogP contribution is 2.34. The number of rotatable bonds is 8. The minimum absolute atomic E-state index is 0.0323. The van der Waals surface area contributed by atoms with E-state index in [1.165, 1.54) is 18.2 Å². The molecule has 7 nitrogen and oxygen atoms in total. The van der Waals surface area contributed by atoms with Crippen molar-refractivity contribution in [2.24, 2.45) is 5.92 Å². The summed E-state index contributed by atoms with van der Waals surface area (Å²) in [6.45, 7) is 5.92. The Bertz CT molecular complexity index is 1080. The lowest BCUT2D eigenvalue weighted by molar-refractivity contribution is -0.123. The Morgan fingerprint density at radius 3 is 2.55 bits per heavy atom. The monoisotopic (exact) mass is 433 g/mol. The number of benzene rings is 2. The van der Waals surface area contributed by atoms with Gasteiger partial charge in [-0.25, -0.2) is 13.2 Å². The Kier molecular flexibility index (Phi) is 6.78. The lowest BCUT2D eigenvalue weighted by Gasteiger charge is -2.12. The van der Waals surface area contributed by atoms with E-state index in [-0.39, 0.29) is 40.7 Å². The first kappa shape index (κ1) is 22.1. The fourth-order valence-electron chi connectivity index (χ4n) is 2.67. The van der Waals surface area contributed by atoms with Crippen molar-refractivity contribution in [2.75, 3.05) is 23.7 Å². The number of halogens is 3. The van der Waals surface area contributed by atoms with Gasteiger partial charge in [0.2, 0.25) is 5.91 Å². The zero-order valence-corrected chi connectivity index (χ0v) is 17.2. The van der Waals surface area contributed by atoms with Gasteiger partial charge in [0.05, 0.1) is 16.9 Å². The molecule has 0 spiro atoms. The fraction of sp³-hybridized carbons (Fsp3) is 0.286. The average Bonchev–Trinajstić information content (AvgIpc) is 3.19. The summed E-state index contributed by atoms with van der Waals surface area (Å²) in [6.07, 6.45) is 0. The molecule has 0 atom stereocenters. The number of aryl methyl sites for hydroxylation is 1. The predicted molar refractivity (Wildman–Crippen MR) is 110 cm³/mol. The summed E-state index contributed by atoms with van der Waals surface area (Å²) >= 11 is 0. The third-order valence-electron chi connectivity index (χ3n) is 4.36. The Labute approximate surface area is 177 Å². The lowest BCUT2D eigenvalue weighted by Crippen LogP contribution is -2.31. The molecule has 0 aliphatic heterocycles. The van der Waals surface area contributed by atoms with Crippen LogP contribution in [0.15, 0.2) is 34.7 Å². The summed E-state index contributed by atoms with van der Waals surface area (Å²) in [6, 6.07) is 6.53. The quantitative estimate of drug-likeness (QED) is 0.457. The summed E-state index contributed by atoms with van der Waals surface area (Å²) in [5.41, 5.74) is 0.380. The van der Waals surface area contributed by atoms with Gasteiger partial charge in [-0.2, -0.15) is 0 Å². The zero-order valence-electron chi connectivity index (χ0n) is 17.2. The van der Waals surface area contributed by atoms with Crippen LogP contribution in [0.5, 0.6) is 0 Å². The number of nitrogens with zero attached hydrogens (tertiary/aromatic N) is 2. The number of anilines is 3. The first-order valence-corrected chi connectivity index (χ1v) is 9.63. The summed E-state index contributed by atoms with van der Waals surface area (Å²) in [7, 11) is 0. The smallest absolute Gasteiger partial charge is 0.315 e. The van der Waals surface area contributed by atoms with Crippen LogP contribution in [0.3, 0.4) is 0 Å². The predicted octanol–water partition coefficient (Wildman–Crippen LogP) is 4.39. The zero-order chi connectivity index (χ0) is 22.5. The van der Waals surface area contributed by atoms with Crippen molar-refractivity contribution in [1.29, 1.82) is 0 Å². The molecule has 1 heterocycles. The van der Waals surface area contributed by atoms with Gasteiger partial charge in [-0.15, -0.1) is 5.10 Å². The first-order chi connectivity index (χ1) is 14.8. The summed E-state index contributed by atoms with van der Waals surface area (Å²) in [4.78, 5) is 11.5. The number of aromatic nitrogens is 2. The molecule has 0 bridgehead atoms. The second-order valence-electron chi connectivity index (χ2n) is 7.18. The van der Waals surface area contributed by atoms with Gasteiger partial charge < -0.3 is 20.4 Å². The molecule has 0 aliphatic rings. The van der Waals surface area contributed by atoms with E-state index >= 15 is 0 Å². The van der Waals surface area contributed by atoms with E-state index in [4.69, 9.17) is 4.42 Å². The van der Waals surface area contributed by atoms with E-state index in [0.717, 1.165) is 6.07 Å². The Morgan fingerprint density at radius 1 is 1.06 bits per heavy atom. The Balaban J connectivity index is 1.79. The van der Waals surface area contributed by atoms with Crippen LogP contribution < -0.4 is 16.0 Å². The summed E-state index contributed by atoms with van der Waals surface area (Å²) in [5, 5.41) is 15.8. The van der Waals surface area contributed by atoms with Crippen molar-refractivity contribution in [3.8, 4) is 11.5 Å². The molecular formula is C21H22F3N5O2. The molecule has 0 radical (unpaired) electrons. The van der Waals surface area contributed by atoms with Crippen LogP contribution in [0, 0.1) is 30.3 Å². The van der Waals surface area contributed by atoms with E-state index in [9.17, 15) is 18.0 Å². The number of carbonyl (C=O) groups is 1. The van der Waals surface area contributed by atoms with Crippen molar-refractivity contribution in [2.45, 2.75) is 20.8 Å². The minimum Gasteiger partial charge on any atom is -0.403 e. The summed E-state index contributed by atoms with van der Waals surface area (Å²) < 4.78 is 48.1. The van der Waals surface area contributed by atoms with E-state index in [1.807, 2.05) is 0 Å². The molecule has 0 saturated heterocycles. The number of nitrogens with one attached hydrogen (secondary N) is 3. The van der Waals surface area contributed by atoms with Crippen molar-refractivity contribution in [1.82, 2.24) is 15.5 Å². The van der Waals surface area contributed by atoms with Gasteiger partial charge in [-0.05, 0) is 36.8 Å². The van der Waals surface area contributed by atoms with E-state index in [0.29, 0.717) is 18.7 Å². The lowest BCUT2D eigenvalue weighted by atomic mass is 10.1. The van der Waals surface area contributed by atoms with Crippen LogP contribution in [0.25, 0.3) is 11.5 Å². The molecule has 0 saturated carbocycles. The van der Waals surface area contributed by atoms with Crippen molar-refractivity contribution >= 4 is 23.3 Å². The molecular weight excluding hydrogens is 411 g/mol. The van der Waals surface area contributed by atoms with Gasteiger partial charge in [-0.3, -0.25) is 4.79 Å². The molecule has 1 aromatic heterocycles. The summed E-state index contributed by atoms with van der Waals surface area (Å²) in [5.74, 6) is -3.26. The molecule has 10 heteroatoms. The van der Waals surface area contributed by atoms with Gasteiger partial charge in [0.15, 0.2) is 11.6 Å². The van der Waals surface area contributed by atoms with Gasteiger partial charge >= 0.3 is 6.01 Å². The minimum atomic E-state index is -1.21. The largest absolute Gasteiger partial charge is 0.403 e. The van der Waals surface area contributed by atoms with Crippen LogP contribution in [-0.2, 0) is 4.79 Å². The maximum atomic E-state index is 14.5. The molecule has 0 unspecified atom stereocenters. The van der Waals surface area contributed by atoms with E-state index in [2.05, 4.69) is 26.1 Å². The number of hydrogen-bond acceptors (Lipinski definition) is 6. The highest BCUT2D eigenvalue weighted by molar-refractivity contribution is 5.78. The third kappa shape index (κ3) is 5.33. The van der Waals surface area contributed by atoms with Gasteiger partial charge in [-0.1, -0.05) is 25.0 Å². The molecule has 3 rings (SSSR count). The Hall–Kier alpha value is -3.56. The molecule has 1 amide bonds. The second kappa shape index (κ2) is 9.50. The van der Waals surface area contributed by atoms with Gasteiger partial charge in [0.1, 0.15) is 5.82 Å². The molecule has 3 aromatic rings. The fourth-order valence-corrected chi connectivity index (χ4v) is 2.67.